The Morgan fingerprint density at radius 3 is 2.72 bits per heavy atom. The van der Waals surface area contributed by atoms with Crippen LogP contribution in [0.25, 0.3) is 0 Å². The van der Waals surface area contributed by atoms with Crippen LogP contribution in [0.5, 0.6) is 0 Å². The highest BCUT2D eigenvalue weighted by atomic mass is 35.5. The van der Waals surface area contributed by atoms with Crippen molar-refractivity contribution in [3.63, 3.8) is 0 Å². The van der Waals surface area contributed by atoms with Gasteiger partial charge in [0.2, 0.25) is 0 Å². The van der Waals surface area contributed by atoms with Gasteiger partial charge in [0.25, 0.3) is 0 Å². The number of rotatable bonds is 7. The largest absolute Gasteiger partial charge is 0.377 e. The Labute approximate surface area is 119 Å². The molecule has 0 aliphatic heterocycles. The van der Waals surface area contributed by atoms with Crippen molar-refractivity contribution < 1.29 is 4.74 Å². The van der Waals surface area contributed by atoms with E-state index >= 15 is 0 Å². The first-order chi connectivity index (χ1) is 8.70. The highest BCUT2D eigenvalue weighted by molar-refractivity contribution is 7.16. The van der Waals surface area contributed by atoms with Gasteiger partial charge in [0.05, 0.1) is 9.94 Å². The molecule has 1 N–H and O–H groups in total. The van der Waals surface area contributed by atoms with E-state index in [1.807, 2.05) is 13.2 Å². The Morgan fingerprint density at radius 2 is 2.28 bits per heavy atom. The maximum Gasteiger partial charge on any atom is 0.0931 e. The summed E-state index contributed by atoms with van der Waals surface area (Å²) in [7, 11) is 1.85. The minimum absolute atomic E-state index is 0.0473. The van der Waals surface area contributed by atoms with Crippen LogP contribution in [-0.2, 0) is 11.2 Å². The molecule has 1 aromatic heterocycles. The third-order valence-electron chi connectivity index (χ3n) is 3.92. The van der Waals surface area contributed by atoms with Gasteiger partial charge in [-0.1, -0.05) is 18.5 Å². The molecule has 0 aromatic carbocycles. The molecule has 1 atom stereocenters. The Morgan fingerprint density at radius 1 is 1.50 bits per heavy atom. The molecule has 0 saturated heterocycles. The van der Waals surface area contributed by atoms with Gasteiger partial charge in [-0.25, -0.2) is 0 Å². The predicted molar refractivity (Wildman–Crippen MR) is 78.7 cm³/mol. The van der Waals surface area contributed by atoms with Crippen molar-refractivity contribution in [3.8, 4) is 0 Å². The molecular formula is C14H22ClNOS. The summed E-state index contributed by atoms with van der Waals surface area (Å²) < 4.78 is 6.70. The summed E-state index contributed by atoms with van der Waals surface area (Å²) in [6.07, 6.45) is 5.80. The Bertz CT molecular complexity index is 370. The number of halogens is 1. The van der Waals surface area contributed by atoms with E-state index in [-0.39, 0.29) is 5.60 Å². The van der Waals surface area contributed by atoms with Crippen LogP contribution >= 0.6 is 22.9 Å². The molecule has 0 radical (unpaired) electrons. The van der Waals surface area contributed by atoms with E-state index in [9.17, 15) is 0 Å². The molecule has 18 heavy (non-hydrogen) atoms. The molecule has 1 aliphatic carbocycles. The van der Waals surface area contributed by atoms with E-state index in [4.69, 9.17) is 16.3 Å². The van der Waals surface area contributed by atoms with Gasteiger partial charge in [-0.05, 0) is 50.8 Å². The second-order valence-electron chi connectivity index (χ2n) is 5.04. The van der Waals surface area contributed by atoms with Crippen LogP contribution in [0, 0.1) is 0 Å². The Hall–Kier alpha value is -0.0900. The minimum Gasteiger partial charge on any atom is -0.377 e. The summed E-state index contributed by atoms with van der Waals surface area (Å²) in [5.41, 5.74) is 0.0473. The van der Waals surface area contributed by atoms with Gasteiger partial charge in [0.1, 0.15) is 0 Å². The molecule has 1 fully saturated rings. The summed E-state index contributed by atoms with van der Waals surface area (Å²) in [5, 5.41) is 3.66. The van der Waals surface area contributed by atoms with Gasteiger partial charge in [0, 0.05) is 18.0 Å². The first kappa shape index (κ1) is 14.3. The molecule has 1 aromatic rings. The van der Waals surface area contributed by atoms with Crippen molar-refractivity contribution in [2.45, 2.75) is 50.7 Å². The van der Waals surface area contributed by atoms with E-state index < -0.39 is 0 Å². The molecule has 1 unspecified atom stereocenters. The van der Waals surface area contributed by atoms with Gasteiger partial charge < -0.3 is 10.1 Å². The minimum atomic E-state index is 0.0473. The fourth-order valence-corrected chi connectivity index (χ4v) is 3.78. The van der Waals surface area contributed by atoms with Crippen LogP contribution in [0.4, 0.5) is 0 Å². The van der Waals surface area contributed by atoms with E-state index in [1.165, 1.54) is 24.1 Å². The lowest BCUT2D eigenvalue weighted by molar-refractivity contribution is -0.0979. The van der Waals surface area contributed by atoms with Crippen molar-refractivity contribution in [2.24, 2.45) is 0 Å². The third kappa shape index (κ3) is 3.08. The lowest BCUT2D eigenvalue weighted by atomic mass is 9.73. The molecule has 2 nitrogen and oxygen atoms in total. The van der Waals surface area contributed by atoms with Gasteiger partial charge in [-0.3, -0.25) is 0 Å². The summed E-state index contributed by atoms with van der Waals surface area (Å²) >= 11 is 7.69. The average molecular weight is 288 g/mol. The van der Waals surface area contributed by atoms with Gasteiger partial charge >= 0.3 is 0 Å². The SMILES string of the molecule is CCCNC(Cc1ccc(Cl)s1)C1(OC)CCC1. The molecular weight excluding hydrogens is 266 g/mol. The third-order valence-corrected chi connectivity index (χ3v) is 5.17. The highest BCUT2D eigenvalue weighted by Gasteiger charge is 2.44. The van der Waals surface area contributed by atoms with Gasteiger partial charge in [-0.2, -0.15) is 0 Å². The van der Waals surface area contributed by atoms with Crippen LogP contribution in [0.1, 0.15) is 37.5 Å². The molecule has 0 spiro atoms. The smallest absolute Gasteiger partial charge is 0.0931 e. The zero-order valence-electron chi connectivity index (χ0n) is 11.2. The number of thiophene rings is 1. The molecule has 1 heterocycles. The molecule has 4 heteroatoms. The topological polar surface area (TPSA) is 21.3 Å². The molecule has 1 aliphatic rings. The zero-order valence-corrected chi connectivity index (χ0v) is 12.7. The number of ether oxygens (including phenoxy) is 1. The number of nitrogens with one attached hydrogen (secondary N) is 1. The quantitative estimate of drug-likeness (QED) is 0.822. The first-order valence-electron chi connectivity index (χ1n) is 6.73. The van der Waals surface area contributed by atoms with Crippen molar-refractivity contribution in [1.29, 1.82) is 0 Å². The average Bonchev–Trinajstić information content (AvgIpc) is 2.70. The Kier molecular flexibility index (Phi) is 5.07. The fourth-order valence-electron chi connectivity index (χ4n) is 2.65. The standard InChI is InChI=1S/C14H22ClNOS/c1-3-9-16-12(14(17-2)7-4-8-14)10-11-5-6-13(15)18-11/h5-6,12,16H,3-4,7-10H2,1-2H3. The van der Waals surface area contributed by atoms with Crippen LogP contribution in [0.15, 0.2) is 12.1 Å². The lowest BCUT2D eigenvalue weighted by Gasteiger charge is -2.47. The second-order valence-corrected chi connectivity index (χ2v) is 6.84. The predicted octanol–water partition coefficient (Wildman–Crippen LogP) is 3.88. The second kappa shape index (κ2) is 6.38. The van der Waals surface area contributed by atoms with Gasteiger partial charge in [0.15, 0.2) is 0 Å². The van der Waals surface area contributed by atoms with E-state index in [0.29, 0.717) is 6.04 Å². The van der Waals surface area contributed by atoms with Crippen molar-refractivity contribution in [3.05, 3.63) is 21.3 Å². The molecule has 0 amide bonds. The number of hydrogen-bond donors (Lipinski definition) is 1. The zero-order chi connectivity index (χ0) is 13.0. The van der Waals surface area contributed by atoms with Crippen molar-refractivity contribution in [1.82, 2.24) is 5.32 Å². The summed E-state index contributed by atoms with van der Waals surface area (Å²) in [6, 6.07) is 4.53. The van der Waals surface area contributed by atoms with Crippen LogP contribution in [0.3, 0.4) is 0 Å². The van der Waals surface area contributed by atoms with E-state index in [2.05, 4.69) is 18.3 Å². The molecule has 2 rings (SSSR count). The van der Waals surface area contributed by atoms with Crippen LogP contribution in [-0.4, -0.2) is 25.3 Å². The lowest BCUT2D eigenvalue weighted by Crippen LogP contribution is -2.57. The van der Waals surface area contributed by atoms with Crippen molar-refractivity contribution >= 4 is 22.9 Å². The number of methoxy groups -OCH3 is 1. The first-order valence-corrected chi connectivity index (χ1v) is 7.92. The summed E-state index contributed by atoms with van der Waals surface area (Å²) in [4.78, 5) is 1.34. The maximum atomic E-state index is 6.01. The fraction of sp³-hybridized carbons (Fsp3) is 0.714. The molecule has 0 bridgehead atoms. The molecule has 1 saturated carbocycles. The van der Waals surface area contributed by atoms with E-state index in [1.54, 1.807) is 11.3 Å². The summed E-state index contributed by atoms with van der Waals surface area (Å²) in [6.45, 7) is 3.25. The van der Waals surface area contributed by atoms with Crippen LogP contribution < -0.4 is 5.32 Å². The summed E-state index contributed by atoms with van der Waals surface area (Å²) in [5.74, 6) is 0. The highest BCUT2D eigenvalue weighted by Crippen LogP contribution is 2.40. The molecule has 102 valence electrons. The van der Waals surface area contributed by atoms with Crippen LogP contribution in [0.2, 0.25) is 4.34 Å². The van der Waals surface area contributed by atoms with E-state index in [0.717, 1.165) is 23.7 Å². The number of hydrogen-bond acceptors (Lipinski definition) is 3. The van der Waals surface area contributed by atoms with Gasteiger partial charge in [-0.15, -0.1) is 11.3 Å². The normalized spacial score (nSPS) is 19.5. The van der Waals surface area contributed by atoms with Crippen molar-refractivity contribution in [2.75, 3.05) is 13.7 Å². The maximum absolute atomic E-state index is 6.01. The Balaban J connectivity index is 2.04. The monoisotopic (exact) mass is 287 g/mol.